The standard InChI is InChI=1S/C21H17ClFNO2/c22-17-4-2-1-3-15(17)16-11-20(26)24-18-9-13(10-19(25)21(16)18)12-5-7-14(23)8-6-12/h1-8,13,16H,9-11H2,(H,24,26)/t13-,16+/m0/s1. The zero-order valence-electron chi connectivity index (χ0n) is 14.0. The lowest BCUT2D eigenvalue weighted by atomic mass is 9.73. The average molecular weight is 370 g/mol. The number of allylic oxidation sites excluding steroid dienone is 2. The molecule has 5 heteroatoms. The van der Waals surface area contributed by atoms with E-state index >= 15 is 0 Å². The third-order valence-corrected chi connectivity index (χ3v) is 5.50. The maximum Gasteiger partial charge on any atom is 0.225 e. The van der Waals surface area contributed by atoms with E-state index in [1.54, 1.807) is 18.2 Å². The number of halogens is 2. The fourth-order valence-corrected chi connectivity index (χ4v) is 4.22. The van der Waals surface area contributed by atoms with Gasteiger partial charge in [0.1, 0.15) is 5.82 Å². The van der Waals surface area contributed by atoms with Gasteiger partial charge in [0.05, 0.1) is 0 Å². The Balaban J connectivity index is 1.73. The van der Waals surface area contributed by atoms with Gasteiger partial charge >= 0.3 is 0 Å². The fraction of sp³-hybridized carbons (Fsp3) is 0.238. The van der Waals surface area contributed by atoms with E-state index in [0.29, 0.717) is 29.1 Å². The zero-order valence-corrected chi connectivity index (χ0v) is 14.7. The number of carbonyl (C=O) groups is 2. The molecular formula is C21H17ClFNO2. The largest absolute Gasteiger partial charge is 0.329 e. The number of benzene rings is 2. The van der Waals surface area contributed by atoms with Gasteiger partial charge in [-0.05, 0) is 41.7 Å². The molecule has 0 saturated carbocycles. The number of nitrogens with one attached hydrogen (secondary N) is 1. The van der Waals surface area contributed by atoms with E-state index in [2.05, 4.69) is 5.32 Å². The molecule has 0 unspecified atom stereocenters. The van der Waals surface area contributed by atoms with E-state index in [4.69, 9.17) is 11.6 Å². The van der Waals surface area contributed by atoms with Crippen LogP contribution in [0.25, 0.3) is 0 Å². The van der Waals surface area contributed by atoms with E-state index in [1.165, 1.54) is 12.1 Å². The van der Waals surface area contributed by atoms with Crippen LogP contribution >= 0.6 is 11.6 Å². The number of hydrogen-bond acceptors (Lipinski definition) is 2. The van der Waals surface area contributed by atoms with Crippen LogP contribution in [0, 0.1) is 5.82 Å². The van der Waals surface area contributed by atoms with Crippen LogP contribution in [0.1, 0.15) is 42.2 Å². The highest BCUT2D eigenvalue weighted by atomic mass is 35.5. The summed E-state index contributed by atoms with van der Waals surface area (Å²) < 4.78 is 13.2. The Morgan fingerprint density at radius 1 is 0.962 bits per heavy atom. The highest BCUT2D eigenvalue weighted by Crippen LogP contribution is 2.43. The third kappa shape index (κ3) is 3.06. The summed E-state index contributed by atoms with van der Waals surface area (Å²) in [7, 11) is 0. The average Bonchev–Trinajstić information content (AvgIpc) is 2.61. The van der Waals surface area contributed by atoms with Crippen molar-refractivity contribution in [2.75, 3.05) is 0 Å². The molecule has 0 radical (unpaired) electrons. The summed E-state index contributed by atoms with van der Waals surface area (Å²) in [4.78, 5) is 25.2. The van der Waals surface area contributed by atoms with E-state index in [1.807, 2.05) is 18.2 Å². The van der Waals surface area contributed by atoms with E-state index < -0.39 is 0 Å². The molecule has 0 spiro atoms. The van der Waals surface area contributed by atoms with Crippen molar-refractivity contribution in [1.82, 2.24) is 5.32 Å². The lowest BCUT2D eigenvalue weighted by Crippen LogP contribution is -2.38. The van der Waals surface area contributed by atoms with Gasteiger partial charge in [-0.25, -0.2) is 4.39 Å². The summed E-state index contributed by atoms with van der Waals surface area (Å²) in [5.74, 6) is -0.770. The Labute approximate surface area is 155 Å². The summed E-state index contributed by atoms with van der Waals surface area (Å²) in [6.45, 7) is 0. The number of amides is 1. The summed E-state index contributed by atoms with van der Waals surface area (Å²) >= 11 is 6.32. The monoisotopic (exact) mass is 369 g/mol. The minimum Gasteiger partial charge on any atom is -0.329 e. The molecule has 2 aromatic carbocycles. The van der Waals surface area contributed by atoms with E-state index in [-0.39, 0.29) is 35.8 Å². The number of ketones is 1. The molecule has 0 aromatic heterocycles. The molecule has 0 saturated heterocycles. The van der Waals surface area contributed by atoms with Crippen LogP contribution in [-0.4, -0.2) is 11.7 Å². The first-order valence-electron chi connectivity index (χ1n) is 8.59. The van der Waals surface area contributed by atoms with Crippen LogP contribution in [0.3, 0.4) is 0 Å². The first-order valence-corrected chi connectivity index (χ1v) is 8.96. The van der Waals surface area contributed by atoms with Gasteiger partial charge in [0.15, 0.2) is 5.78 Å². The van der Waals surface area contributed by atoms with Crippen molar-refractivity contribution in [3.8, 4) is 0 Å². The molecule has 2 aliphatic rings. The van der Waals surface area contributed by atoms with Crippen molar-refractivity contribution in [1.29, 1.82) is 0 Å². The van der Waals surface area contributed by atoms with Gasteiger partial charge in [-0.2, -0.15) is 0 Å². The molecule has 2 atom stereocenters. The van der Waals surface area contributed by atoms with Gasteiger partial charge in [0.2, 0.25) is 5.91 Å². The highest BCUT2D eigenvalue weighted by Gasteiger charge is 2.38. The summed E-state index contributed by atoms with van der Waals surface area (Å²) in [5, 5.41) is 3.44. The minimum atomic E-state index is -0.311. The SMILES string of the molecule is O=C1C[C@H](c2ccccc2Cl)C2=C(C[C@H](c3ccc(F)cc3)CC2=O)N1. The van der Waals surface area contributed by atoms with Crippen LogP contribution < -0.4 is 5.32 Å². The van der Waals surface area contributed by atoms with Crippen molar-refractivity contribution >= 4 is 23.3 Å². The first-order chi connectivity index (χ1) is 12.5. The number of rotatable bonds is 2. The van der Waals surface area contributed by atoms with Crippen LogP contribution in [0.15, 0.2) is 59.8 Å². The highest BCUT2D eigenvalue weighted by molar-refractivity contribution is 6.31. The van der Waals surface area contributed by atoms with Crippen molar-refractivity contribution in [2.45, 2.75) is 31.1 Å². The van der Waals surface area contributed by atoms with Crippen molar-refractivity contribution in [2.24, 2.45) is 0 Å². The molecule has 1 N–H and O–H groups in total. The van der Waals surface area contributed by atoms with Gasteiger partial charge in [-0.3, -0.25) is 9.59 Å². The molecule has 1 heterocycles. The smallest absolute Gasteiger partial charge is 0.225 e. The van der Waals surface area contributed by atoms with Gasteiger partial charge in [-0.15, -0.1) is 0 Å². The lowest BCUT2D eigenvalue weighted by Gasteiger charge is -2.34. The predicted molar refractivity (Wildman–Crippen MR) is 97.4 cm³/mol. The molecule has 0 bridgehead atoms. The maximum atomic E-state index is 13.2. The Morgan fingerprint density at radius 2 is 1.69 bits per heavy atom. The molecule has 132 valence electrons. The number of carbonyl (C=O) groups excluding carboxylic acids is 2. The van der Waals surface area contributed by atoms with Crippen LogP contribution in [-0.2, 0) is 9.59 Å². The zero-order chi connectivity index (χ0) is 18.3. The third-order valence-electron chi connectivity index (χ3n) is 5.16. The molecule has 1 amide bonds. The molecule has 4 rings (SSSR count). The Bertz CT molecular complexity index is 920. The Hall–Kier alpha value is -2.46. The lowest BCUT2D eigenvalue weighted by molar-refractivity contribution is -0.122. The summed E-state index contributed by atoms with van der Waals surface area (Å²) in [6.07, 6.45) is 1.12. The second-order valence-electron chi connectivity index (χ2n) is 6.80. The van der Waals surface area contributed by atoms with E-state index in [9.17, 15) is 14.0 Å². The number of hydrogen-bond donors (Lipinski definition) is 1. The molecular weight excluding hydrogens is 353 g/mol. The van der Waals surface area contributed by atoms with Gasteiger partial charge in [0, 0.05) is 35.1 Å². The van der Waals surface area contributed by atoms with Gasteiger partial charge < -0.3 is 5.32 Å². The second-order valence-corrected chi connectivity index (χ2v) is 7.21. The normalized spacial score (nSPS) is 22.8. The van der Waals surface area contributed by atoms with E-state index in [0.717, 1.165) is 11.1 Å². The molecule has 2 aromatic rings. The van der Waals surface area contributed by atoms with Crippen LogP contribution in [0.5, 0.6) is 0 Å². The summed E-state index contributed by atoms with van der Waals surface area (Å²) in [5.41, 5.74) is 3.05. The van der Waals surface area contributed by atoms with Crippen LogP contribution in [0.4, 0.5) is 4.39 Å². The van der Waals surface area contributed by atoms with Crippen molar-refractivity contribution < 1.29 is 14.0 Å². The number of Topliss-reactive ketones (excluding diaryl/α,β-unsaturated/α-hetero) is 1. The first kappa shape index (κ1) is 17.0. The topological polar surface area (TPSA) is 46.2 Å². The minimum absolute atomic E-state index is 0.0190. The van der Waals surface area contributed by atoms with Gasteiger partial charge in [0.25, 0.3) is 0 Å². The fourth-order valence-electron chi connectivity index (χ4n) is 3.95. The van der Waals surface area contributed by atoms with Crippen molar-refractivity contribution in [3.05, 3.63) is 81.8 Å². The molecule has 1 aliphatic carbocycles. The second kappa shape index (κ2) is 6.69. The van der Waals surface area contributed by atoms with Crippen LogP contribution in [0.2, 0.25) is 5.02 Å². The van der Waals surface area contributed by atoms with Gasteiger partial charge in [-0.1, -0.05) is 41.9 Å². The molecule has 26 heavy (non-hydrogen) atoms. The molecule has 0 fully saturated rings. The van der Waals surface area contributed by atoms with Crippen molar-refractivity contribution in [3.63, 3.8) is 0 Å². The summed E-state index contributed by atoms with van der Waals surface area (Å²) in [6, 6.07) is 13.5. The maximum absolute atomic E-state index is 13.2. The molecule has 1 aliphatic heterocycles. The molecule has 3 nitrogen and oxygen atoms in total. The quantitative estimate of drug-likeness (QED) is 0.848. The Kier molecular flexibility index (Phi) is 4.37. The predicted octanol–water partition coefficient (Wildman–Crippen LogP) is 4.48. The Morgan fingerprint density at radius 3 is 2.42 bits per heavy atom.